The Kier molecular flexibility index (Phi) is 18.4. The first-order chi connectivity index (χ1) is 7.69. The van der Waals surface area contributed by atoms with Gasteiger partial charge in [0.1, 0.15) is 0 Å². The van der Waals surface area contributed by atoms with Gasteiger partial charge in [0.15, 0.2) is 0 Å². The first-order valence-electron chi connectivity index (χ1n) is 6.54. The molecule has 0 heterocycles. The molecule has 0 aliphatic rings. The second-order valence-corrected chi connectivity index (χ2v) is 8.61. The summed E-state index contributed by atoms with van der Waals surface area (Å²) >= 11 is 0. The zero-order valence-corrected chi connectivity index (χ0v) is 17.3. The summed E-state index contributed by atoms with van der Waals surface area (Å²) < 4.78 is 0. The molecule has 0 nitrogen and oxygen atoms in total. The van der Waals surface area contributed by atoms with Crippen molar-refractivity contribution >= 4 is 31.4 Å². The van der Waals surface area contributed by atoms with Gasteiger partial charge in [-0.05, 0) is 12.3 Å². The fourth-order valence-electron chi connectivity index (χ4n) is 1.50. The van der Waals surface area contributed by atoms with Gasteiger partial charge < -0.3 is 0 Å². The summed E-state index contributed by atoms with van der Waals surface area (Å²) in [7, 11) is 6.10. The van der Waals surface area contributed by atoms with Gasteiger partial charge in [-0.25, -0.2) is 5.25 Å². The molecule has 0 fully saturated rings. The molecule has 2 atom stereocenters. The van der Waals surface area contributed by atoms with Gasteiger partial charge in [0.05, 0.1) is 0 Å². The van der Waals surface area contributed by atoms with Gasteiger partial charge in [-0.1, -0.05) is 68.1 Å². The monoisotopic (exact) mass is 368 g/mol. The van der Waals surface area contributed by atoms with Crippen LogP contribution in [0.5, 0.6) is 0 Å². The van der Waals surface area contributed by atoms with E-state index < -0.39 is 0 Å². The van der Waals surface area contributed by atoms with E-state index in [1.807, 2.05) is 20.6 Å². The fourth-order valence-corrected chi connectivity index (χ4v) is 7.08. The molecular formula is C13H27S3Y-. The molecule has 101 valence electrons. The summed E-state index contributed by atoms with van der Waals surface area (Å²) in [5.41, 5.74) is 0. The molecule has 0 saturated heterocycles. The minimum atomic E-state index is 0. The average Bonchev–Trinajstić information content (AvgIpc) is 2.32. The smallest absolute Gasteiger partial charge is 0.0181 e. The second-order valence-electron chi connectivity index (χ2n) is 4.22. The van der Waals surface area contributed by atoms with Crippen molar-refractivity contribution in [1.29, 1.82) is 0 Å². The van der Waals surface area contributed by atoms with Crippen molar-refractivity contribution in [3.63, 3.8) is 0 Å². The summed E-state index contributed by atoms with van der Waals surface area (Å²) in [6.07, 6.45) is 6.39. The van der Waals surface area contributed by atoms with E-state index in [9.17, 15) is 0 Å². The van der Waals surface area contributed by atoms with Crippen LogP contribution >= 0.6 is 31.4 Å². The summed E-state index contributed by atoms with van der Waals surface area (Å²) in [5, 5.41) is 2.47. The molecule has 17 heavy (non-hydrogen) atoms. The van der Waals surface area contributed by atoms with Gasteiger partial charge >= 0.3 is 0 Å². The van der Waals surface area contributed by atoms with E-state index in [0.29, 0.717) is 0 Å². The van der Waals surface area contributed by atoms with E-state index in [1.54, 1.807) is 5.25 Å². The third-order valence-electron chi connectivity index (χ3n) is 2.92. The Morgan fingerprint density at radius 1 is 1.06 bits per heavy atom. The topological polar surface area (TPSA) is 0 Å². The number of rotatable bonds is 10. The molecule has 0 bridgehead atoms. The normalized spacial score (nSPS) is 14.5. The maximum Gasteiger partial charge on any atom is 0.0181 e. The van der Waals surface area contributed by atoms with Crippen LogP contribution in [0, 0.1) is 11.2 Å². The zero-order chi connectivity index (χ0) is 12.4. The molecule has 0 amide bonds. The zero-order valence-electron chi connectivity index (χ0n) is 12.0. The predicted octanol–water partition coefficient (Wildman–Crippen LogP) is 6.58. The van der Waals surface area contributed by atoms with Gasteiger partial charge in [-0.15, -0.1) is 0 Å². The minimum Gasteiger partial charge on any atom is -0.269 e. The SMILES string of the molecule is CCC[C-](CC)SSSC(CC)C(C)CC.[Y]. The van der Waals surface area contributed by atoms with Crippen molar-refractivity contribution in [1.82, 2.24) is 0 Å². The van der Waals surface area contributed by atoms with Crippen LogP contribution in [-0.4, -0.2) is 5.25 Å². The summed E-state index contributed by atoms with van der Waals surface area (Å²) in [5.74, 6) is 0.847. The third kappa shape index (κ3) is 10.6. The van der Waals surface area contributed by atoms with Crippen LogP contribution < -0.4 is 0 Å². The first kappa shape index (κ1) is 21.5. The van der Waals surface area contributed by atoms with E-state index in [0.717, 1.165) is 11.2 Å². The van der Waals surface area contributed by atoms with Crippen LogP contribution in [0.3, 0.4) is 0 Å². The molecular weight excluding hydrogens is 341 g/mol. The van der Waals surface area contributed by atoms with Gasteiger partial charge in [-0.3, -0.25) is 10.8 Å². The fraction of sp³-hybridized carbons (Fsp3) is 0.923. The Bertz CT molecular complexity index is 156. The Morgan fingerprint density at radius 3 is 2.12 bits per heavy atom. The minimum absolute atomic E-state index is 0. The molecule has 0 aliphatic carbocycles. The molecule has 0 N–H and O–H groups in total. The summed E-state index contributed by atoms with van der Waals surface area (Å²) in [6, 6.07) is 0. The maximum absolute atomic E-state index is 2.38. The van der Waals surface area contributed by atoms with Crippen LogP contribution in [0.1, 0.15) is 66.7 Å². The van der Waals surface area contributed by atoms with Crippen molar-refractivity contribution in [3.8, 4) is 0 Å². The molecule has 0 rings (SSSR count). The van der Waals surface area contributed by atoms with Gasteiger partial charge in [-0.2, -0.15) is 12.8 Å². The third-order valence-corrected chi connectivity index (χ3v) is 8.05. The Labute approximate surface area is 146 Å². The standard InChI is InChI=1S/C13H27S3.Y/c1-6-10-12(8-3)14-16-15-13(9-4)11(5)7-2;/h11,13H,6-10H2,1-5H3;/q-1;. The molecule has 0 aliphatic heterocycles. The Morgan fingerprint density at radius 2 is 1.71 bits per heavy atom. The summed E-state index contributed by atoms with van der Waals surface area (Å²) in [4.78, 5) is 0. The molecule has 0 saturated carbocycles. The van der Waals surface area contributed by atoms with Gasteiger partial charge in [0.2, 0.25) is 0 Å². The van der Waals surface area contributed by atoms with Crippen molar-refractivity contribution in [3.05, 3.63) is 5.25 Å². The number of hydrogen-bond donors (Lipinski definition) is 0. The van der Waals surface area contributed by atoms with Crippen LogP contribution in [-0.2, 0) is 32.7 Å². The van der Waals surface area contributed by atoms with E-state index in [2.05, 4.69) is 45.4 Å². The molecule has 4 heteroatoms. The Hall–Kier alpha value is 2.15. The molecule has 0 spiro atoms. The first-order valence-corrected chi connectivity index (χ1v) is 10.1. The van der Waals surface area contributed by atoms with Crippen LogP contribution in [0.4, 0.5) is 0 Å². The van der Waals surface area contributed by atoms with Crippen LogP contribution in [0.2, 0.25) is 0 Å². The van der Waals surface area contributed by atoms with Gasteiger partial charge in [0.25, 0.3) is 0 Å². The molecule has 1 radical (unpaired) electrons. The predicted molar refractivity (Wildman–Crippen MR) is 84.7 cm³/mol. The maximum atomic E-state index is 2.38. The quantitative estimate of drug-likeness (QED) is 0.316. The van der Waals surface area contributed by atoms with E-state index in [-0.39, 0.29) is 32.7 Å². The summed E-state index contributed by atoms with van der Waals surface area (Å²) in [6.45, 7) is 11.5. The molecule has 2 unspecified atom stereocenters. The van der Waals surface area contributed by atoms with Crippen LogP contribution in [0.25, 0.3) is 0 Å². The molecule has 0 aromatic rings. The Balaban J connectivity index is 0. The second kappa shape index (κ2) is 14.6. The average molecular weight is 368 g/mol. The van der Waals surface area contributed by atoms with E-state index >= 15 is 0 Å². The van der Waals surface area contributed by atoms with Gasteiger partial charge in [0, 0.05) is 38.0 Å². The molecule has 0 aromatic heterocycles. The number of hydrogen-bond acceptors (Lipinski definition) is 3. The largest absolute Gasteiger partial charge is 0.269 e. The van der Waals surface area contributed by atoms with E-state index in [1.165, 1.54) is 32.1 Å². The molecule has 0 aromatic carbocycles. The van der Waals surface area contributed by atoms with E-state index in [4.69, 9.17) is 0 Å². The van der Waals surface area contributed by atoms with Crippen LogP contribution in [0.15, 0.2) is 0 Å². The van der Waals surface area contributed by atoms with Crippen molar-refractivity contribution in [2.75, 3.05) is 0 Å². The van der Waals surface area contributed by atoms with Crippen molar-refractivity contribution in [2.24, 2.45) is 5.92 Å². The van der Waals surface area contributed by atoms with Crippen molar-refractivity contribution in [2.45, 2.75) is 72.0 Å². The van der Waals surface area contributed by atoms with Crippen molar-refractivity contribution < 1.29 is 32.7 Å².